The number of rotatable bonds is 16. The molecule has 0 spiro atoms. The first kappa shape index (κ1) is 80.9. The summed E-state index contributed by atoms with van der Waals surface area (Å²) in [6.45, 7) is 31.8. The van der Waals surface area contributed by atoms with Gasteiger partial charge in [0.2, 0.25) is 0 Å². The monoisotopic (exact) mass is 1510 g/mol. The van der Waals surface area contributed by atoms with Crippen molar-refractivity contribution in [2.45, 2.75) is 151 Å². The SMILES string of the molecule is CC(C)(O)C#Cc1cc(C#Cc2cc(-c3ccc(OCc4ccc(C(C)(C)C)cc4)cc3)c(C#Cc3ccccc3)c(-c3ccc(OCc4ccc(C(C)(C)C)cc4)cc3)c2)cc(C#Cc2cc(-c3ccc(OCc4ccc(C(C)(C)C)cc4)cc3)c(C#Cc3ccccc3)c(-c3ccc(OCc4ccc(C(C)(C)C)cc4)cc3)c2)c1. The molecule has 0 aromatic heterocycles. The second kappa shape index (κ2) is 35.5. The van der Waals surface area contributed by atoms with E-state index in [2.05, 4.69) is 312 Å². The lowest BCUT2D eigenvalue weighted by Crippen LogP contribution is -2.14. The smallest absolute Gasteiger partial charge is 0.120 e. The highest BCUT2D eigenvalue weighted by Gasteiger charge is 2.21. The minimum Gasteiger partial charge on any atom is -0.489 e. The summed E-state index contributed by atoms with van der Waals surface area (Å²) in [5.74, 6) is 38.1. The first-order valence-corrected chi connectivity index (χ1v) is 39.8. The molecule has 0 aliphatic carbocycles. The summed E-state index contributed by atoms with van der Waals surface area (Å²) < 4.78 is 25.8. The second-order valence-corrected chi connectivity index (χ2v) is 34.3. The summed E-state index contributed by atoms with van der Waals surface area (Å²) in [6.07, 6.45) is 0. The summed E-state index contributed by atoms with van der Waals surface area (Å²) in [7, 11) is 0. The predicted molar refractivity (Wildman–Crippen MR) is 479 cm³/mol. The molecule has 0 bridgehead atoms. The molecule has 13 aromatic rings. The van der Waals surface area contributed by atoms with Crippen molar-refractivity contribution < 1.29 is 24.1 Å². The third-order valence-electron chi connectivity index (χ3n) is 20.2. The molecule has 0 saturated carbocycles. The maximum atomic E-state index is 11.1. The van der Waals surface area contributed by atoms with E-state index in [4.69, 9.17) is 18.9 Å². The molecular weight excluding hydrogens is 1410 g/mol. The van der Waals surface area contributed by atoms with Crippen molar-refractivity contribution in [1.82, 2.24) is 0 Å². The number of aliphatic hydroxyl groups is 1. The normalized spacial score (nSPS) is 11.4. The number of hydrogen-bond acceptors (Lipinski definition) is 5. The Bertz CT molecular complexity index is 5330. The Hall–Kier alpha value is -13.2. The van der Waals surface area contributed by atoms with Crippen molar-refractivity contribution >= 4 is 0 Å². The molecule has 0 amide bonds. The first-order valence-electron chi connectivity index (χ1n) is 39.8. The third-order valence-corrected chi connectivity index (χ3v) is 20.2. The zero-order valence-corrected chi connectivity index (χ0v) is 69.2. The van der Waals surface area contributed by atoms with Crippen LogP contribution in [0.15, 0.2) is 297 Å². The Balaban J connectivity index is 0.905. The zero-order valence-electron chi connectivity index (χ0n) is 69.2. The van der Waals surface area contributed by atoms with Crippen LogP contribution in [0.2, 0.25) is 0 Å². The van der Waals surface area contributed by atoms with Gasteiger partial charge in [0.05, 0.1) is 0 Å². The van der Waals surface area contributed by atoms with E-state index in [-0.39, 0.29) is 21.7 Å². The van der Waals surface area contributed by atoms with Crippen LogP contribution in [0, 0.1) is 59.2 Å². The predicted octanol–water partition coefficient (Wildman–Crippen LogP) is 25.6. The average molecular weight is 1510 g/mol. The average Bonchev–Trinajstić information content (AvgIpc) is 0.781. The lowest BCUT2D eigenvalue weighted by Gasteiger charge is -2.19. The summed E-state index contributed by atoms with van der Waals surface area (Å²) in [6, 6.07) is 102. The number of benzene rings is 13. The van der Waals surface area contributed by atoms with Crippen molar-refractivity contribution in [2.24, 2.45) is 0 Å². The Morgan fingerprint density at radius 1 is 0.224 bits per heavy atom. The molecule has 0 aliphatic heterocycles. The minimum absolute atomic E-state index is 0.0489. The van der Waals surface area contributed by atoms with Crippen LogP contribution in [-0.2, 0) is 48.1 Å². The van der Waals surface area contributed by atoms with Gasteiger partial charge in [-0.2, -0.15) is 0 Å². The lowest BCUT2D eigenvalue weighted by molar-refractivity contribution is 0.143. The van der Waals surface area contributed by atoms with Crippen LogP contribution in [0.25, 0.3) is 44.5 Å². The highest BCUT2D eigenvalue weighted by molar-refractivity contribution is 5.87. The molecular formula is C111H100O5. The lowest BCUT2D eigenvalue weighted by atomic mass is 9.87. The van der Waals surface area contributed by atoms with Gasteiger partial charge in [0.15, 0.2) is 0 Å². The van der Waals surface area contributed by atoms with E-state index in [0.717, 1.165) is 123 Å². The molecule has 13 rings (SSSR count). The fraction of sp³-hybridized carbons (Fsp3) is 0.207. The van der Waals surface area contributed by atoms with Gasteiger partial charge in [0.1, 0.15) is 55.0 Å². The summed E-state index contributed by atoms with van der Waals surface area (Å²) in [4.78, 5) is 0. The standard InChI is InChI=1S/C111H100O5/c1-107(2,3)93-47-29-80(30-48-93)74-113-97-55-39-89(40-56-97)103-70-86(71-104(101(103)63-37-78-21-17-15-18-22-78)90-41-57-98(58-42-90)114-75-81-31-49-94(50-32-81)108(4,5)6)27-25-84-67-85(69-88(68-84)65-66-111(13,14)112)26-28-87-72-105(91-43-59-99(60-44-91)115-76-82-33-51-95(52-34-82)109(7,8)9)102(64-38-79-23-19-16-20-24-79)106(73-87)92-45-61-100(62-46-92)116-77-83-35-53-96(54-36-83)110(10,11)12/h15-24,29-36,39-62,67-73,112H,74-77H2,1-14H3. The van der Waals surface area contributed by atoms with E-state index in [0.29, 0.717) is 43.1 Å². The maximum Gasteiger partial charge on any atom is 0.120 e. The molecule has 0 saturated heterocycles. The molecule has 0 unspecified atom stereocenters. The van der Waals surface area contributed by atoms with Gasteiger partial charge in [0.25, 0.3) is 0 Å². The first-order chi connectivity index (χ1) is 55.5. The van der Waals surface area contributed by atoms with Gasteiger partial charge in [-0.3, -0.25) is 0 Å². The van der Waals surface area contributed by atoms with Gasteiger partial charge in [0, 0.05) is 50.1 Å². The van der Waals surface area contributed by atoms with E-state index in [1.807, 2.05) is 127 Å². The number of ether oxygens (including phenoxy) is 4. The van der Waals surface area contributed by atoms with E-state index >= 15 is 0 Å². The summed E-state index contributed by atoms with van der Waals surface area (Å²) in [5, 5.41) is 11.1. The van der Waals surface area contributed by atoms with Crippen molar-refractivity contribution in [3.05, 3.63) is 392 Å². The van der Waals surface area contributed by atoms with Crippen LogP contribution >= 0.6 is 0 Å². The van der Waals surface area contributed by atoms with Gasteiger partial charge in [-0.1, -0.05) is 324 Å². The second-order valence-electron chi connectivity index (χ2n) is 34.3. The molecule has 0 radical (unpaired) electrons. The topological polar surface area (TPSA) is 57.2 Å². The Morgan fingerprint density at radius 2 is 0.440 bits per heavy atom. The fourth-order valence-corrected chi connectivity index (χ4v) is 13.3. The van der Waals surface area contributed by atoms with E-state index in [1.165, 1.54) is 22.3 Å². The van der Waals surface area contributed by atoms with Gasteiger partial charge in [-0.05, 0) is 240 Å². The third kappa shape index (κ3) is 22.2. The molecule has 0 fully saturated rings. The van der Waals surface area contributed by atoms with Crippen LogP contribution < -0.4 is 18.9 Å². The summed E-state index contributed by atoms with van der Waals surface area (Å²) >= 11 is 0. The van der Waals surface area contributed by atoms with Gasteiger partial charge in [-0.15, -0.1) is 0 Å². The molecule has 13 aromatic carbocycles. The van der Waals surface area contributed by atoms with Gasteiger partial charge < -0.3 is 24.1 Å². The van der Waals surface area contributed by atoms with Gasteiger partial charge >= 0.3 is 0 Å². The molecule has 0 atom stereocenters. The van der Waals surface area contributed by atoms with Crippen LogP contribution in [0.5, 0.6) is 23.0 Å². The van der Waals surface area contributed by atoms with Gasteiger partial charge in [-0.25, -0.2) is 0 Å². The molecule has 5 nitrogen and oxygen atoms in total. The molecule has 5 heteroatoms. The quantitative estimate of drug-likeness (QED) is 0.0977. The van der Waals surface area contributed by atoms with E-state index in [9.17, 15) is 5.11 Å². The maximum absolute atomic E-state index is 11.1. The molecule has 0 aliphatic rings. The van der Waals surface area contributed by atoms with Crippen molar-refractivity contribution in [1.29, 1.82) is 0 Å². The largest absolute Gasteiger partial charge is 0.489 e. The van der Waals surface area contributed by atoms with Crippen LogP contribution in [-0.4, -0.2) is 10.7 Å². The summed E-state index contributed by atoms with van der Waals surface area (Å²) in [5.41, 5.74) is 22.7. The van der Waals surface area contributed by atoms with Crippen molar-refractivity contribution in [3.8, 4) is 127 Å². The Labute approximate surface area is 688 Å². The van der Waals surface area contributed by atoms with Crippen LogP contribution in [0.3, 0.4) is 0 Å². The van der Waals surface area contributed by atoms with Crippen molar-refractivity contribution in [2.75, 3.05) is 0 Å². The Morgan fingerprint density at radius 3 is 0.664 bits per heavy atom. The Kier molecular flexibility index (Phi) is 24.7. The number of hydrogen-bond donors (Lipinski definition) is 1. The van der Waals surface area contributed by atoms with Crippen LogP contribution in [0.1, 0.15) is 192 Å². The molecule has 116 heavy (non-hydrogen) atoms. The van der Waals surface area contributed by atoms with Crippen molar-refractivity contribution in [3.63, 3.8) is 0 Å². The molecule has 574 valence electrons. The fourth-order valence-electron chi connectivity index (χ4n) is 13.3. The van der Waals surface area contributed by atoms with Crippen LogP contribution in [0.4, 0.5) is 0 Å². The minimum atomic E-state index is -1.28. The highest BCUT2D eigenvalue weighted by atomic mass is 16.5. The van der Waals surface area contributed by atoms with E-state index in [1.54, 1.807) is 13.8 Å². The molecule has 0 heterocycles. The molecule has 1 N–H and O–H groups in total. The van der Waals surface area contributed by atoms with E-state index < -0.39 is 5.60 Å². The highest BCUT2D eigenvalue weighted by Crippen LogP contribution is 2.39. The zero-order chi connectivity index (χ0) is 81.6.